The van der Waals surface area contributed by atoms with Gasteiger partial charge in [-0.25, -0.2) is 0 Å². The second kappa shape index (κ2) is 7.49. The SMILES string of the molecule is c1ccc(Cc2cc(C3CCN([C@@H]4CCCNC4)CC3)n[nH]2)cc1. The minimum atomic E-state index is 0.624. The van der Waals surface area contributed by atoms with Crippen molar-refractivity contribution < 1.29 is 0 Å². The van der Waals surface area contributed by atoms with Gasteiger partial charge in [0.05, 0.1) is 5.69 Å². The Balaban J connectivity index is 1.32. The van der Waals surface area contributed by atoms with Crippen LogP contribution in [0.4, 0.5) is 0 Å². The molecule has 4 nitrogen and oxygen atoms in total. The quantitative estimate of drug-likeness (QED) is 0.909. The highest BCUT2D eigenvalue weighted by Crippen LogP contribution is 2.29. The van der Waals surface area contributed by atoms with Crippen molar-refractivity contribution in [2.45, 2.75) is 44.1 Å². The number of rotatable bonds is 4. The normalized spacial score (nSPS) is 23.4. The fourth-order valence-electron chi connectivity index (χ4n) is 4.20. The van der Waals surface area contributed by atoms with Crippen LogP contribution in [-0.2, 0) is 6.42 Å². The van der Waals surface area contributed by atoms with Crippen molar-refractivity contribution >= 4 is 0 Å². The first-order valence-corrected chi connectivity index (χ1v) is 9.41. The maximum absolute atomic E-state index is 4.62. The molecule has 2 aliphatic heterocycles. The monoisotopic (exact) mass is 324 g/mol. The number of hydrogen-bond acceptors (Lipinski definition) is 3. The van der Waals surface area contributed by atoms with Crippen LogP contribution in [0.3, 0.4) is 0 Å². The van der Waals surface area contributed by atoms with Gasteiger partial charge in [-0.1, -0.05) is 30.3 Å². The Labute approximate surface area is 144 Å². The van der Waals surface area contributed by atoms with Gasteiger partial charge in [-0.15, -0.1) is 0 Å². The predicted molar refractivity (Wildman–Crippen MR) is 97.3 cm³/mol. The summed E-state index contributed by atoms with van der Waals surface area (Å²) in [4.78, 5) is 2.69. The zero-order chi connectivity index (χ0) is 16.2. The third-order valence-corrected chi connectivity index (χ3v) is 5.62. The summed E-state index contributed by atoms with van der Waals surface area (Å²) >= 11 is 0. The summed E-state index contributed by atoms with van der Waals surface area (Å²) < 4.78 is 0. The molecule has 1 aromatic carbocycles. The lowest BCUT2D eigenvalue weighted by Crippen LogP contribution is -2.48. The molecule has 2 fully saturated rings. The molecule has 1 aromatic heterocycles. The first-order chi connectivity index (χ1) is 11.9. The standard InChI is InChI=1S/C20H28N4/c1-2-5-16(6-3-1)13-18-14-20(23-22-18)17-8-11-24(12-9-17)19-7-4-10-21-15-19/h1-3,5-6,14,17,19,21H,4,7-13,15H2,(H,22,23)/t19-/m1/s1. The van der Waals surface area contributed by atoms with Crippen LogP contribution < -0.4 is 5.32 Å². The Morgan fingerprint density at radius 1 is 1.08 bits per heavy atom. The zero-order valence-corrected chi connectivity index (χ0v) is 14.4. The average molecular weight is 324 g/mol. The lowest BCUT2D eigenvalue weighted by molar-refractivity contribution is 0.129. The summed E-state index contributed by atoms with van der Waals surface area (Å²) in [5.74, 6) is 0.624. The topological polar surface area (TPSA) is 44.0 Å². The minimum absolute atomic E-state index is 0.624. The number of nitrogens with one attached hydrogen (secondary N) is 2. The van der Waals surface area contributed by atoms with E-state index >= 15 is 0 Å². The molecule has 4 heteroatoms. The Kier molecular flexibility index (Phi) is 4.95. The second-order valence-electron chi connectivity index (χ2n) is 7.29. The van der Waals surface area contributed by atoms with Gasteiger partial charge in [0.15, 0.2) is 0 Å². The molecule has 24 heavy (non-hydrogen) atoms. The summed E-state index contributed by atoms with van der Waals surface area (Å²) in [5.41, 5.74) is 3.84. The molecule has 4 rings (SSSR count). The first kappa shape index (κ1) is 15.9. The molecule has 0 spiro atoms. The molecule has 3 heterocycles. The molecule has 2 aromatic rings. The first-order valence-electron chi connectivity index (χ1n) is 9.41. The lowest BCUT2D eigenvalue weighted by atomic mass is 9.91. The van der Waals surface area contributed by atoms with E-state index in [9.17, 15) is 0 Å². The highest BCUT2D eigenvalue weighted by Gasteiger charge is 2.27. The van der Waals surface area contributed by atoms with Crippen molar-refractivity contribution in [2.75, 3.05) is 26.2 Å². The molecular weight excluding hydrogens is 296 g/mol. The van der Waals surface area contributed by atoms with E-state index in [1.807, 2.05) is 0 Å². The number of benzene rings is 1. The third kappa shape index (κ3) is 3.70. The Bertz CT molecular complexity index is 622. The van der Waals surface area contributed by atoms with Crippen molar-refractivity contribution in [2.24, 2.45) is 0 Å². The fraction of sp³-hybridized carbons (Fsp3) is 0.550. The van der Waals surface area contributed by atoms with E-state index in [4.69, 9.17) is 0 Å². The van der Waals surface area contributed by atoms with Gasteiger partial charge in [0.1, 0.15) is 0 Å². The van der Waals surface area contributed by atoms with Gasteiger partial charge in [-0.05, 0) is 56.9 Å². The number of likely N-dealkylation sites (tertiary alicyclic amines) is 1. The van der Waals surface area contributed by atoms with Crippen LogP contribution in [0.2, 0.25) is 0 Å². The number of H-pyrrole nitrogens is 1. The molecule has 0 radical (unpaired) electrons. The van der Waals surface area contributed by atoms with Gasteiger partial charge < -0.3 is 5.32 Å². The van der Waals surface area contributed by atoms with E-state index in [2.05, 4.69) is 56.8 Å². The fourth-order valence-corrected chi connectivity index (χ4v) is 4.20. The van der Waals surface area contributed by atoms with Crippen LogP contribution in [0.15, 0.2) is 36.4 Å². The smallest absolute Gasteiger partial charge is 0.0656 e. The number of aromatic nitrogens is 2. The van der Waals surface area contributed by atoms with Gasteiger partial charge in [0.2, 0.25) is 0 Å². The Morgan fingerprint density at radius 3 is 2.67 bits per heavy atom. The van der Waals surface area contributed by atoms with Crippen LogP contribution in [0.25, 0.3) is 0 Å². The molecule has 2 saturated heterocycles. The van der Waals surface area contributed by atoms with E-state index in [0.29, 0.717) is 5.92 Å². The summed E-state index contributed by atoms with van der Waals surface area (Å²) in [6.45, 7) is 4.81. The summed E-state index contributed by atoms with van der Waals surface area (Å²) in [6, 6.07) is 13.7. The molecule has 0 aliphatic carbocycles. The van der Waals surface area contributed by atoms with Crippen LogP contribution in [-0.4, -0.2) is 47.3 Å². The molecule has 2 aliphatic rings. The van der Waals surface area contributed by atoms with Crippen molar-refractivity contribution in [1.82, 2.24) is 20.4 Å². The van der Waals surface area contributed by atoms with E-state index < -0.39 is 0 Å². The van der Waals surface area contributed by atoms with Crippen LogP contribution in [0, 0.1) is 0 Å². The van der Waals surface area contributed by atoms with Crippen LogP contribution >= 0.6 is 0 Å². The van der Waals surface area contributed by atoms with Gasteiger partial charge in [0, 0.05) is 30.6 Å². The van der Waals surface area contributed by atoms with E-state index in [-0.39, 0.29) is 0 Å². The molecule has 0 saturated carbocycles. The zero-order valence-electron chi connectivity index (χ0n) is 14.4. The van der Waals surface area contributed by atoms with E-state index in [1.165, 1.54) is 68.8 Å². The van der Waals surface area contributed by atoms with Gasteiger partial charge in [-0.2, -0.15) is 5.10 Å². The number of hydrogen-bond donors (Lipinski definition) is 2. The van der Waals surface area contributed by atoms with Crippen molar-refractivity contribution in [1.29, 1.82) is 0 Å². The molecular formula is C20H28N4. The van der Waals surface area contributed by atoms with Gasteiger partial charge >= 0.3 is 0 Å². The van der Waals surface area contributed by atoms with Crippen molar-refractivity contribution in [3.8, 4) is 0 Å². The number of aromatic amines is 1. The van der Waals surface area contributed by atoms with Gasteiger partial charge in [0.25, 0.3) is 0 Å². The highest BCUT2D eigenvalue weighted by atomic mass is 15.2. The van der Waals surface area contributed by atoms with Crippen molar-refractivity contribution in [3.63, 3.8) is 0 Å². The molecule has 128 valence electrons. The van der Waals surface area contributed by atoms with E-state index in [0.717, 1.165) is 12.5 Å². The van der Waals surface area contributed by atoms with Crippen molar-refractivity contribution in [3.05, 3.63) is 53.3 Å². The summed E-state index contributed by atoms with van der Waals surface area (Å²) in [6.07, 6.45) is 6.12. The average Bonchev–Trinajstić information content (AvgIpc) is 3.12. The highest BCUT2D eigenvalue weighted by molar-refractivity contribution is 5.23. The summed E-state index contributed by atoms with van der Waals surface area (Å²) in [5, 5.41) is 11.4. The maximum atomic E-state index is 4.62. The Morgan fingerprint density at radius 2 is 1.92 bits per heavy atom. The molecule has 0 bridgehead atoms. The predicted octanol–water partition coefficient (Wildman–Crippen LogP) is 2.93. The lowest BCUT2D eigenvalue weighted by Gasteiger charge is -2.39. The molecule has 0 unspecified atom stereocenters. The van der Waals surface area contributed by atoms with Gasteiger partial charge in [-0.3, -0.25) is 10.00 Å². The minimum Gasteiger partial charge on any atom is -0.315 e. The summed E-state index contributed by atoms with van der Waals surface area (Å²) in [7, 11) is 0. The Hall–Kier alpha value is -1.65. The third-order valence-electron chi connectivity index (χ3n) is 5.62. The molecule has 2 N–H and O–H groups in total. The molecule has 0 amide bonds. The second-order valence-corrected chi connectivity index (χ2v) is 7.29. The number of piperidine rings is 2. The molecule has 1 atom stereocenters. The van der Waals surface area contributed by atoms with E-state index in [1.54, 1.807) is 0 Å². The van der Waals surface area contributed by atoms with Crippen LogP contribution in [0.5, 0.6) is 0 Å². The largest absolute Gasteiger partial charge is 0.315 e. The number of nitrogens with zero attached hydrogens (tertiary/aromatic N) is 2. The maximum Gasteiger partial charge on any atom is 0.0656 e. The van der Waals surface area contributed by atoms with Crippen LogP contribution in [0.1, 0.15) is 48.6 Å².